The Bertz CT molecular complexity index is 1020. The number of rotatable bonds is 5. The Morgan fingerprint density at radius 3 is 2.63 bits per heavy atom. The number of hydrogen-bond acceptors (Lipinski definition) is 6. The highest BCUT2D eigenvalue weighted by Gasteiger charge is 2.35. The van der Waals surface area contributed by atoms with Gasteiger partial charge in [-0.25, -0.2) is 0 Å². The predicted octanol–water partition coefficient (Wildman–Crippen LogP) is 3.36. The fourth-order valence-electron chi connectivity index (χ4n) is 2.54. The topological polar surface area (TPSA) is 103 Å². The predicted molar refractivity (Wildman–Crippen MR) is 107 cm³/mol. The smallest absolute Gasteiger partial charge is 0.418 e. The van der Waals surface area contributed by atoms with Gasteiger partial charge in [0.15, 0.2) is 5.17 Å². The molecule has 7 nitrogen and oxygen atoms in total. The number of nitrogens with one attached hydrogen (secondary N) is 2. The molecule has 3 N–H and O–H groups in total. The lowest BCUT2D eigenvalue weighted by molar-refractivity contribution is -0.137. The normalized spacial score (nSPS) is 18.0. The van der Waals surface area contributed by atoms with Gasteiger partial charge in [-0.2, -0.15) is 18.3 Å². The van der Waals surface area contributed by atoms with Crippen molar-refractivity contribution < 1.29 is 27.9 Å². The van der Waals surface area contributed by atoms with Crippen LogP contribution in [0.5, 0.6) is 5.75 Å². The van der Waals surface area contributed by atoms with Crippen LogP contribution >= 0.6 is 11.8 Å². The summed E-state index contributed by atoms with van der Waals surface area (Å²) in [5.74, 6) is -1.23. The van der Waals surface area contributed by atoms with E-state index in [1.54, 1.807) is 18.2 Å². The number of hydrogen-bond donors (Lipinski definition) is 3. The van der Waals surface area contributed by atoms with E-state index >= 15 is 0 Å². The number of aromatic hydroxyl groups is 1. The van der Waals surface area contributed by atoms with Crippen molar-refractivity contribution in [3.8, 4) is 5.75 Å². The van der Waals surface area contributed by atoms with Crippen LogP contribution in [0.25, 0.3) is 0 Å². The van der Waals surface area contributed by atoms with Crippen LogP contribution in [0, 0.1) is 0 Å². The number of halogens is 3. The third-order valence-electron chi connectivity index (χ3n) is 3.94. The van der Waals surface area contributed by atoms with Gasteiger partial charge in [0, 0.05) is 12.0 Å². The Hall–Kier alpha value is -3.34. The van der Waals surface area contributed by atoms with Crippen LogP contribution in [0.1, 0.15) is 17.5 Å². The molecule has 0 saturated carbocycles. The van der Waals surface area contributed by atoms with E-state index in [1.807, 2.05) is 0 Å². The number of amides is 2. The highest BCUT2D eigenvalue weighted by Crippen LogP contribution is 2.34. The molecule has 11 heteroatoms. The van der Waals surface area contributed by atoms with Crippen LogP contribution < -0.4 is 10.6 Å². The molecule has 0 radical (unpaired) electrons. The van der Waals surface area contributed by atoms with Gasteiger partial charge in [-0.05, 0) is 24.3 Å². The number of para-hydroxylation sites is 2. The average molecular weight is 436 g/mol. The number of alkyl halides is 3. The quantitative estimate of drug-likeness (QED) is 0.494. The lowest BCUT2D eigenvalue weighted by atomic mass is 10.1. The number of carbonyl (C=O) groups is 2. The summed E-state index contributed by atoms with van der Waals surface area (Å²) in [6.45, 7) is 0. The third kappa shape index (κ3) is 5.38. The third-order valence-corrected chi connectivity index (χ3v) is 5.01. The fourth-order valence-corrected chi connectivity index (χ4v) is 3.46. The molecular weight excluding hydrogens is 421 g/mol. The molecule has 1 aliphatic rings. The number of phenols is 1. The Labute approximate surface area is 173 Å². The number of nitrogens with zero attached hydrogens (tertiary/aromatic N) is 2. The molecule has 1 atom stereocenters. The van der Waals surface area contributed by atoms with Crippen LogP contribution in [-0.2, 0) is 15.8 Å². The summed E-state index contributed by atoms with van der Waals surface area (Å²) in [7, 11) is 0. The van der Waals surface area contributed by atoms with Crippen LogP contribution in [0.15, 0.2) is 58.7 Å². The molecule has 1 saturated heterocycles. The largest absolute Gasteiger partial charge is 0.507 e. The van der Waals surface area contributed by atoms with E-state index in [0.29, 0.717) is 5.56 Å². The minimum atomic E-state index is -4.62. The van der Waals surface area contributed by atoms with Gasteiger partial charge < -0.3 is 15.7 Å². The molecule has 1 fully saturated rings. The van der Waals surface area contributed by atoms with Crippen LogP contribution in [0.4, 0.5) is 18.9 Å². The summed E-state index contributed by atoms with van der Waals surface area (Å²) in [4.78, 5) is 24.2. The summed E-state index contributed by atoms with van der Waals surface area (Å²) < 4.78 is 39.1. The highest BCUT2D eigenvalue weighted by molar-refractivity contribution is 8.15. The summed E-state index contributed by atoms with van der Waals surface area (Å²) >= 11 is 0.937. The zero-order valence-corrected chi connectivity index (χ0v) is 16.0. The van der Waals surface area contributed by atoms with Crippen molar-refractivity contribution in [3.63, 3.8) is 0 Å². The van der Waals surface area contributed by atoms with Gasteiger partial charge in [0.2, 0.25) is 11.8 Å². The number of carbonyl (C=O) groups excluding carboxylic acids is 2. The number of amidine groups is 1. The van der Waals surface area contributed by atoms with Crippen molar-refractivity contribution in [2.45, 2.75) is 17.8 Å². The van der Waals surface area contributed by atoms with E-state index in [4.69, 9.17) is 0 Å². The summed E-state index contributed by atoms with van der Waals surface area (Å²) in [6.07, 6.45) is -3.66. The second-order valence-electron chi connectivity index (χ2n) is 6.10. The van der Waals surface area contributed by atoms with Crippen LogP contribution in [0.2, 0.25) is 0 Å². The summed E-state index contributed by atoms with van der Waals surface area (Å²) in [5.41, 5.74) is -0.919. The maximum Gasteiger partial charge on any atom is 0.418 e. The first-order valence-corrected chi connectivity index (χ1v) is 9.44. The zero-order valence-electron chi connectivity index (χ0n) is 15.2. The number of benzene rings is 2. The first-order chi connectivity index (χ1) is 14.2. The molecule has 2 aromatic carbocycles. The molecule has 0 spiro atoms. The molecule has 3 rings (SSSR count). The minimum Gasteiger partial charge on any atom is -0.507 e. The van der Waals surface area contributed by atoms with E-state index in [0.717, 1.165) is 23.9 Å². The molecular formula is C19H15F3N4O3S. The van der Waals surface area contributed by atoms with Gasteiger partial charge in [0.25, 0.3) is 0 Å². The first-order valence-electron chi connectivity index (χ1n) is 8.56. The molecule has 30 heavy (non-hydrogen) atoms. The molecule has 0 aromatic heterocycles. The number of anilines is 1. The lowest BCUT2D eigenvalue weighted by Gasteiger charge is -2.14. The molecule has 1 aliphatic heterocycles. The van der Waals surface area contributed by atoms with Gasteiger partial charge in [-0.1, -0.05) is 36.0 Å². The van der Waals surface area contributed by atoms with E-state index < -0.39 is 28.8 Å². The molecule has 2 amide bonds. The Balaban J connectivity index is 1.61. The fraction of sp³-hybridized carbons (Fsp3) is 0.158. The highest BCUT2D eigenvalue weighted by atomic mass is 32.2. The Morgan fingerprint density at radius 2 is 1.90 bits per heavy atom. The van der Waals surface area contributed by atoms with Crippen molar-refractivity contribution in [2.24, 2.45) is 10.2 Å². The van der Waals surface area contributed by atoms with E-state index in [-0.39, 0.29) is 23.0 Å². The van der Waals surface area contributed by atoms with E-state index in [2.05, 4.69) is 20.8 Å². The van der Waals surface area contributed by atoms with Crippen molar-refractivity contribution in [1.82, 2.24) is 5.32 Å². The molecule has 0 bridgehead atoms. The van der Waals surface area contributed by atoms with Crippen LogP contribution in [0.3, 0.4) is 0 Å². The Morgan fingerprint density at radius 1 is 1.20 bits per heavy atom. The average Bonchev–Trinajstić information content (AvgIpc) is 3.02. The summed E-state index contributed by atoms with van der Waals surface area (Å²) in [5, 5.41) is 21.2. The van der Waals surface area contributed by atoms with E-state index in [1.165, 1.54) is 24.4 Å². The van der Waals surface area contributed by atoms with Gasteiger partial charge >= 0.3 is 6.18 Å². The van der Waals surface area contributed by atoms with E-state index in [9.17, 15) is 27.9 Å². The molecule has 0 unspecified atom stereocenters. The van der Waals surface area contributed by atoms with Crippen molar-refractivity contribution in [3.05, 3.63) is 59.7 Å². The summed E-state index contributed by atoms with van der Waals surface area (Å²) in [6, 6.07) is 11.0. The standard InChI is InChI=1S/C19H15F3N4O3S/c20-19(21,22)12-6-2-3-7-13(12)24-16(28)9-15-17(29)25-18(30-15)26-23-10-11-5-1-4-8-14(11)27/h1-8,10,15,27H,9H2,(H,24,28)(H,25,26,29)/t15-/m1/s1. The maximum absolute atomic E-state index is 13.0. The van der Waals surface area contributed by atoms with Gasteiger partial charge in [0.05, 0.1) is 17.5 Å². The van der Waals surface area contributed by atoms with Crippen molar-refractivity contribution in [1.29, 1.82) is 0 Å². The second kappa shape index (κ2) is 8.99. The first kappa shape index (κ1) is 21.4. The van der Waals surface area contributed by atoms with Gasteiger partial charge in [0.1, 0.15) is 11.0 Å². The SMILES string of the molecule is O=C(C[C@H]1SC(=NN=Cc2ccccc2O)NC1=O)Nc1ccccc1C(F)(F)F. The zero-order chi connectivity index (χ0) is 21.7. The molecule has 1 heterocycles. The number of phenolic OH excluding ortho intramolecular Hbond substituents is 1. The second-order valence-corrected chi connectivity index (χ2v) is 7.29. The monoisotopic (exact) mass is 436 g/mol. The maximum atomic E-state index is 13.0. The number of thioether (sulfide) groups is 1. The van der Waals surface area contributed by atoms with Crippen LogP contribution in [-0.4, -0.2) is 33.6 Å². The minimum absolute atomic E-state index is 0.0123. The molecule has 156 valence electrons. The Kier molecular flexibility index (Phi) is 6.40. The lowest BCUT2D eigenvalue weighted by Crippen LogP contribution is -2.28. The van der Waals surface area contributed by atoms with Crippen molar-refractivity contribution in [2.75, 3.05) is 5.32 Å². The molecule has 0 aliphatic carbocycles. The van der Waals surface area contributed by atoms with Crippen molar-refractivity contribution >= 4 is 40.6 Å². The molecule has 2 aromatic rings. The van der Waals surface area contributed by atoms with Gasteiger partial charge in [-0.3, -0.25) is 9.59 Å². The van der Waals surface area contributed by atoms with Gasteiger partial charge in [-0.15, -0.1) is 5.10 Å².